The van der Waals surface area contributed by atoms with E-state index in [9.17, 15) is 4.79 Å². The first-order valence-electron chi connectivity index (χ1n) is 11.1. The van der Waals surface area contributed by atoms with Crippen molar-refractivity contribution in [3.05, 3.63) is 107 Å². The minimum absolute atomic E-state index is 0.311. The SMILES string of the molecule is NCc1ccccc1NC(=O)c1ccc(-c2nc(-c3ccccc3)c3cc(Cl)ccc3n2)cc1N. The highest BCUT2D eigenvalue weighted by atomic mass is 35.5. The minimum atomic E-state index is -0.311. The van der Waals surface area contributed by atoms with Crippen molar-refractivity contribution in [1.29, 1.82) is 0 Å². The molecule has 35 heavy (non-hydrogen) atoms. The molecule has 172 valence electrons. The van der Waals surface area contributed by atoms with E-state index < -0.39 is 0 Å². The van der Waals surface area contributed by atoms with Gasteiger partial charge in [-0.2, -0.15) is 0 Å². The molecule has 0 aliphatic carbocycles. The fourth-order valence-corrected chi connectivity index (χ4v) is 4.14. The Kier molecular flexibility index (Phi) is 6.14. The van der Waals surface area contributed by atoms with Crippen molar-refractivity contribution in [3.63, 3.8) is 0 Å². The number of nitrogens with two attached hydrogens (primary N) is 2. The molecule has 6 nitrogen and oxygen atoms in total. The van der Waals surface area contributed by atoms with Gasteiger partial charge in [-0.3, -0.25) is 4.79 Å². The second-order valence-corrected chi connectivity index (χ2v) is 8.48. The second kappa shape index (κ2) is 9.54. The van der Waals surface area contributed by atoms with Crippen LogP contribution in [0, 0.1) is 0 Å². The molecule has 1 heterocycles. The Labute approximate surface area is 207 Å². The molecule has 5 N–H and O–H groups in total. The number of para-hydroxylation sites is 1. The van der Waals surface area contributed by atoms with Crippen LogP contribution in [0.5, 0.6) is 0 Å². The topological polar surface area (TPSA) is 107 Å². The fraction of sp³-hybridized carbons (Fsp3) is 0.0357. The largest absolute Gasteiger partial charge is 0.398 e. The monoisotopic (exact) mass is 479 g/mol. The van der Waals surface area contributed by atoms with Crippen LogP contribution in [0.25, 0.3) is 33.5 Å². The number of hydrogen-bond donors (Lipinski definition) is 3. The third-order valence-corrected chi connectivity index (χ3v) is 5.98. The zero-order chi connectivity index (χ0) is 24.4. The first-order valence-corrected chi connectivity index (χ1v) is 11.4. The normalized spacial score (nSPS) is 10.9. The molecule has 0 fully saturated rings. The molecule has 0 unspecified atom stereocenters. The Hall–Kier alpha value is -4.26. The van der Waals surface area contributed by atoms with Gasteiger partial charge in [-0.1, -0.05) is 66.2 Å². The van der Waals surface area contributed by atoms with Crippen molar-refractivity contribution < 1.29 is 4.79 Å². The molecule has 0 aliphatic rings. The molecule has 0 bridgehead atoms. The summed E-state index contributed by atoms with van der Waals surface area (Å²) in [5.74, 6) is 0.194. The first-order chi connectivity index (χ1) is 17.0. The average Bonchev–Trinajstić information content (AvgIpc) is 2.88. The van der Waals surface area contributed by atoms with Gasteiger partial charge in [-0.05, 0) is 42.0 Å². The molecule has 4 aromatic carbocycles. The van der Waals surface area contributed by atoms with E-state index in [0.717, 1.165) is 27.7 Å². The number of rotatable bonds is 5. The lowest BCUT2D eigenvalue weighted by atomic mass is 10.0. The van der Waals surface area contributed by atoms with Gasteiger partial charge in [0.05, 0.1) is 16.8 Å². The minimum Gasteiger partial charge on any atom is -0.398 e. The number of amides is 1. The Morgan fingerprint density at radius 1 is 0.857 bits per heavy atom. The predicted molar refractivity (Wildman–Crippen MR) is 142 cm³/mol. The number of nitrogen functional groups attached to an aromatic ring is 1. The summed E-state index contributed by atoms with van der Waals surface area (Å²) in [4.78, 5) is 22.5. The van der Waals surface area contributed by atoms with Crippen LogP contribution in [0.4, 0.5) is 11.4 Å². The quantitative estimate of drug-likeness (QED) is 0.271. The van der Waals surface area contributed by atoms with E-state index in [0.29, 0.717) is 39.9 Å². The number of carbonyl (C=O) groups is 1. The molecule has 0 spiro atoms. The Morgan fingerprint density at radius 3 is 2.40 bits per heavy atom. The van der Waals surface area contributed by atoms with Gasteiger partial charge in [0.25, 0.3) is 5.91 Å². The number of anilines is 2. The summed E-state index contributed by atoms with van der Waals surface area (Å²) < 4.78 is 0. The number of aromatic nitrogens is 2. The molecule has 0 saturated heterocycles. The lowest BCUT2D eigenvalue weighted by Crippen LogP contribution is -2.16. The van der Waals surface area contributed by atoms with E-state index in [-0.39, 0.29) is 5.91 Å². The van der Waals surface area contributed by atoms with Gasteiger partial charge in [0.15, 0.2) is 5.82 Å². The molecule has 0 aliphatic heterocycles. The van der Waals surface area contributed by atoms with Gasteiger partial charge in [-0.15, -0.1) is 0 Å². The third kappa shape index (κ3) is 4.57. The van der Waals surface area contributed by atoms with Gasteiger partial charge in [0.2, 0.25) is 0 Å². The highest BCUT2D eigenvalue weighted by Crippen LogP contribution is 2.32. The summed E-state index contributed by atoms with van der Waals surface area (Å²) in [6.45, 7) is 0.319. The molecular weight excluding hydrogens is 458 g/mol. The van der Waals surface area contributed by atoms with Crippen LogP contribution >= 0.6 is 11.6 Å². The molecule has 5 aromatic rings. The summed E-state index contributed by atoms with van der Waals surface area (Å²) >= 11 is 6.26. The first kappa shape index (κ1) is 22.5. The molecule has 1 amide bonds. The van der Waals surface area contributed by atoms with Crippen LogP contribution in [-0.2, 0) is 6.54 Å². The van der Waals surface area contributed by atoms with Gasteiger partial charge in [-0.25, -0.2) is 9.97 Å². The molecular formula is C28H22ClN5O. The van der Waals surface area contributed by atoms with Crippen molar-refractivity contribution in [2.45, 2.75) is 6.54 Å². The highest BCUT2D eigenvalue weighted by Gasteiger charge is 2.16. The van der Waals surface area contributed by atoms with E-state index in [4.69, 9.17) is 33.0 Å². The highest BCUT2D eigenvalue weighted by molar-refractivity contribution is 6.31. The summed E-state index contributed by atoms with van der Waals surface area (Å²) in [5, 5.41) is 4.36. The van der Waals surface area contributed by atoms with Crippen LogP contribution in [0.1, 0.15) is 15.9 Å². The summed E-state index contributed by atoms with van der Waals surface area (Å²) in [7, 11) is 0. The van der Waals surface area contributed by atoms with Crippen molar-refractivity contribution in [2.24, 2.45) is 5.73 Å². The van der Waals surface area contributed by atoms with Crippen molar-refractivity contribution >= 4 is 39.8 Å². The molecule has 1 aromatic heterocycles. The number of halogens is 1. The van der Waals surface area contributed by atoms with Crippen LogP contribution < -0.4 is 16.8 Å². The molecule has 0 radical (unpaired) electrons. The van der Waals surface area contributed by atoms with Gasteiger partial charge < -0.3 is 16.8 Å². The summed E-state index contributed by atoms with van der Waals surface area (Å²) in [5.41, 5.74) is 17.5. The van der Waals surface area contributed by atoms with Crippen molar-refractivity contribution in [3.8, 4) is 22.6 Å². The van der Waals surface area contributed by atoms with Crippen molar-refractivity contribution in [1.82, 2.24) is 9.97 Å². The number of fused-ring (bicyclic) bond motifs is 1. The standard InChI is InChI=1S/C28H22ClN5O/c29-20-11-13-25-22(15-20)26(17-6-2-1-3-7-17)34-27(32-25)18-10-12-21(23(31)14-18)28(35)33-24-9-5-4-8-19(24)16-30/h1-15H,16,30-31H2,(H,33,35). The van der Waals surface area contributed by atoms with Crippen LogP contribution in [0.3, 0.4) is 0 Å². The Balaban J connectivity index is 1.54. The Bertz CT molecular complexity index is 1550. The zero-order valence-electron chi connectivity index (χ0n) is 18.7. The van der Waals surface area contributed by atoms with Gasteiger partial charge >= 0.3 is 0 Å². The van der Waals surface area contributed by atoms with Crippen LogP contribution in [0.15, 0.2) is 91.0 Å². The van der Waals surface area contributed by atoms with Gasteiger partial charge in [0.1, 0.15) is 0 Å². The van der Waals surface area contributed by atoms with E-state index in [1.807, 2.05) is 66.7 Å². The van der Waals surface area contributed by atoms with Crippen molar-refractivity contribution in [2.75, 3.05) is 11.1 Å². The van der Waals surface area contributed by atoms with Gasteiger partial charge in [0, 0.05) is 39.5 Å². The van der Waals surface area contributed by atoms with E-state index >= 15 is 0 Å². The number of carbonyl (C=O) groups excluding carboxylic acids is 1. The lowest BCUT2D eigenvalue weighted by molar-refractivity contribution is 0.102. The van der Waals surface area contributed by atoms with Crippen LogP contribution in [-0.4, -0.2) is 15.9 Å². The Morgan fingerprint density at radius 2 is 1.63 bits per heavy atom. The average molecular weight is 480 g/mol. The molecule has 0 saturated carbocycles. The van der Waals surface area contributed by atoms with E-state index in [1.165, 1.54) is 0 Å². The molecule has 7 heteroatoms. The second-order valence-electron chi connectivity index (χ2n) is 8.04. The predicted octanol–water partition coefficient (Wildman–Crippen LogP) is 5.91. The maximum Gasteiger partial charge on any atom is 0.257 e. The smallest absolute Gasteiger partial charge is 0.257 e. The van der Waals surface area contributed by atoms with E-state index in [1.54, 1.807) is 24.3 Å². The zero-order valence-corrected chi connectivity index (χ0v) is 19.5. The maximum atomic E-state index is 12.9. The summed E-state index contributed by atoms with van der Waals surface area (Å²) in [6.07, 6.45) is 0. The number of benzene rings is 4. The number of nitrogens with zero attached hydrogens (tertiary/aromatic N) is 2. The maximum absolute atomic E-state index is 12.9. The summed E-state index contributed by atoms with van der Waals surface area (Å²) in [6, 6.07) is 28.0. The third-order valence-electron chi connectivity index (χ3n) is 5.74. The number of hydrogen-bond acceptors (Lipinski definition) is 5. The molecule has 0 atom stereocenters. The van der Waals surface area contributed by atoms with E-state index in [2.05, 4.69) is 5.32 Å². The molecule has 5 rings (SSSR count). The number of nitrogens with one attached hydrogen (secondary N) is 1. The lowest BCUT2D eigenvalue weighted by Gasteiger charge is -2.13. The van der Waals surface area contributed by atoms with Crippen LogP contribution in [0.2, 0.25) is 5.02 Å². The fourth-order valence-electron chi connectivity index (χ4n) is 3.96.